The third-order valence-electron chi connectivity index (χ3n) is 2.85. The van der Waals surface area contributed by atoms with Gasteiger partial charge >= 0.3 is 5.97 Å². The number of carbonyl (C=O) groups excluding carboxylic acids is 1. The van der Waals surface area contributed by atoms with Crippen molar-refractivity contribution in [1.82, 2.24) is 4.98 Å². The van der Waals surface area contributed by atoms with Crippen LogP contribution in [0.2, 0.25) is 0 Å². The molecule has 0 saturated carbocycles. The number of methoxy groups -OCH3 is 2. The second-order valence-corrected chi connectivity index (χ2v) is 5.38. The summed E-state index contributed by atoms with van der Waals surface area (Å²) in [5, 5.41) is 0.790. The fourth-order valence-electron chi connectivity index (χ4n) is 2.01. The Labute approximate surface area is 127 Å². The van der Waals surface area contributed by atoms with E-state index in [9.17, 15) is 4.79 Å². The van der Waals surface area contributed by atoms with Crippen LogP contribution in [0.15, 0.2) is 18.2 Å². The summed E-state index contributed by atoms with van der Waals surface area (Å²) in [6.07, 6.45) is 0. The van der Waals surface area contributed by atoms with Crippen molar-refractivity contribution in [1.29, 1.82) is 0 Å². The Balaban J connectivity index is 2.59. The number of esters is 1. The molecule has 0 unspecified atom stereocenters. The van der Waals surface area contributed by atoms with Crippen LogP contribution in [-0.4, -0.2) is 31.8 Å². The standard InChI is InChI=1S/C15H17NO4S/c1-5-20-15(17)12-14(21-9(2)16-12)10-7-6-8-11(18-3)13(10)19-4/h6-8H,5H2,1-4H3. The molecule has 2 aromatic rings. The lowest BCUT2D eigenvalue weighted by atomic mass is 10.1. The molecule has 1 aromatic heterocycles. The van der Waals surface area contributed by atoms with Crippen molar-refractivity contribution < 1.29 is 19.0 Å². The zero-order chi connectivity index (χ0) is 15.4. The molecule has 6 heteroatoms. The second-order valence-electron chi connectivity index (χ2n) is 4.17. The van der Waals surface area contributed by atoms with E-state index in [1.54, 1.807) is 27.2 Å². The molecular weight excluding hydrogens is 290 g/mol. The molecule has 0 amide bonds. The summed E-state index contributed by atoms with van der Waals surface area (Å²) < 4.78 is 15.8. The van der Waals surface area contributed by atoms with Gasteiger partial charge in [-0.05, 0) is 26.0 Å². The first-order chi connectivity index (χ1) is 10.1. The topological polar surface area (TPSA) is 57.7 Å². The van der Waals surface area contributed by atoms with Crippen molar-refractivity contribution in [3.05, 3.63) is 28.9 Å². The first-order valence-corrected chi connectivity index (χ1v) is 7.29. The van der Waals surface area contributed by atoms with Gasteiger partial charge in [-0.2, -0.15) is 0 Å². The van der Waals surface area contributed by atoms with Crippen LogP contribution in [0.5, 0.6) is 11.5 Å². The number of para-hydroxylation sites is 1. The van der Waals surface area contributed by atoms with E-state index in [1.807, 2.05) is 19.1 Å². The monoisotopic (exact) mass is 307 g/mol. The predicted molar refractivity (Wildman–Crippen MR) is 81.3 cm³/mol. The van der Waals surface area contributed by atoms with E-state index in [-0.39, 0.29) is 0 Å². The van der Waals surface area contributed by atoms with Crippen LogP contribution in [-0.2, 0) is 4.74 Å². The summed E-state index contributed by atoms with van der Waals surface area (Å²) in [4.78, 5) is 17.1. The zero-order valence-electron chi connectivity index (χ0n) is 12.4. The van der Waals surface area contributed by atoms with E-state index in [0.717, 1.165) is 15.4 Å². The van der Waals surface area contributed by atoms with Gasteiger partial charge in [0.15, 0.2) is 17.2 Å². The maximum absolute atomic E-state index is 12.1. The Morgan fingerprint density at radius 3 is 2.67 bits per heavy atom. The van der Waals surface area contributed by atoms with Gasteiger partial charge < -0.3 is 14.2 Å². The van der Waals surface area contributed by atoms with Gasteiger partial charge in [0.2, 0.25) is 0 Å². The highest BCUT2D eigenvalue weighted by molar-refractivity contribution is 7.15. The lowest BCUT2D eigenvalue weighted by molar-refractivity contribution is 0.0521. The minimum Gasteiger partial charge on any atom is -0.493 e. The Morgan fingerprint density at radius 2 is 2.05 bits per heavy atom. The maximum atomic E-state index is 12.1. The van der Waals surface area contributed by atoms with Crippen molar-refractivity contribution >= 4 is 17.3 Å². The normalized spacial score (nSPS) is 10.3. The molecule has 21 heavy (non-hydrogen) atoms. The van der Waals surface area contributed by atoms with Gasteiger partial charge in [0.25, 0.3) is 0 Å². The summed E-state index contributed by atoms with van der Waals surface area (Å²) >= 11 is 1.42. The van der Waals surface area contributed by atoms with Gasteiger partial charge in [-0.15, -0.1) is 11.3 Å². The fraction of sp³-hybridized carbons (Fsp3) is 0.333. The molecule has 0 aliphatic heterocycles. The highest BCUT2D eigenvalue weighted by Gasteiger charge is 2.23. The molecule has 112 valence electrons. The van der Waals surface area contributed by atoms with Gasteiger partial charge in [-0.3, -0.25) is 0 Å². The molecule has 0 aliphatic carbocycles. The number of carbonyl (C=O) groups is 1. The van der Waals surface area contributed by atoms with Gasteiger partial charge in [0.1, 0.15) is 0 Å². The number of aromatic nitrogens is 1. The molecule has 0 bridgehead atoms. The van der Waals surface area contributed by atoms with Crippen molar-refractivity contribution in [2.24, 2.45) is 0 Å². The van der Waals surface area contributed by atoms with Crippen LogP contribution in [0.25, 0.3) is 10.4 Å². The van der Waals surface area contributed by atoms with Crippen LogP contribution in [0.3, 0.4) is 0 Å². The zero-order valence-corrected chi connectivity index (χ0v) is 13.2. The summed E-state index contributed by atoms with van der Waals surface area (Å²) in [7, 11) is 3.14. The lowest BCUT2D eigenvalue weighted by Crippen LogP contribution is -2.06. The fourth-order valence-corrected chi connectivity index (χ4v) is 2.94. The number of aryl methyl sites for hydroxylation is 1. The molecule has 0 saturated heterocycles. The summed E-state index contributed by atoms with van der Waals surface area (Å²) in [6, 6.07) is 5.53. The number of thiazole rings is 1. The molecule has 5 nitrogen and oxygen atoms in total. The highest BCUT2D eigenvalue weighted by atomic mass is 32.1. The highest BCUT2D eigenvalue weighted by Crippen LogP contribution is 2.41. The molecule has 0 aliphatic rings. The number of hydrogen-bond acceptors (Lipinski definition) is 6. The van der Waals surface area contributed by atoms with E-state index in [1.165, 1.54) is 11.3 Å². The SMILES string of the molecule is CCOC(=O)c1nc(C)sc1-c1cccc(OC)c1OC. The van der Waals surface area contributed by atoms with Crippen molar-refractivity contribution in [2.45, 2.75) is 13.8 Å². The number of hydrogen-bond donors (Lipinski definition) is 0. The van der Waals surface area contributed by atoms with Crippen LogP contribution >= 0.6 is 11.3 Å². The number of nitrogens with zero attached hydrogens (tertiary/aromatic N) is 1. The first kappa shape index (κ1) is 15.3. The quantitative estimate of drug-likeness (QED) is 0.793. The van der Waals surface area contributed by atoms with Crippen LogP contribution < -0.4 is 9.47 Å². The molecule has 0 N–H and O–H groups in total. The number of rotatable bonds is 5. The maximum Gasteiger partial charge on any atom is 0.358 e. The van der Waals surface area contributed by atoms with Crippen molar-refractivity contribution in [3.8, 4) is 21.9 Å². The van der Waals surface area contributed by atoms with E-state index in [0.29, 0.717) is 23.8 Å². The van der Waals surface area contributed by atoms with Crippen LogP contribution in [0, 0.1) is 6.92 Å². The van der Waals surface area contributed by atoms with Crippen molar-refractivity contribution in [2.75, 3.05) is 20.8 Å². The average molecular weight is 307 g/mol. The molecule has 1 heterocycles. The lowest BCUT2D eigenvalue weighted by Gasteiger charge is -2.12. The first-order valence-electron chi connectivity index (χ1n) is 6.48. The molecule has 2 rings (SSSR count). The van der Waals surface area contributed by atoms with Gasteiger partial charge in [-0.25, -0.2) is 9.78 Å². The Morgan fingerprint density at radius 1 is 1.29 bits per heavy atom. The van der Waals surface area contributed by atoms with Crippen molar-refractivity contribution in [3.63, 3.8) is 0 Å². The Hall–Kier alpha value is -2.08. The Kier molecular flexibility index (Phi) is 4.80. The second kappa shape index (κ2) is 6.58. The van der Waals surface area contributed by atoms with Crippen LogP contribution in [0.4, 0.5) is 0 Å². The molecule has 0 spiro atoms. The molecule has 0 atom stereocenters. The summed E-state index contributed by atoms with van der Waals surface area (Å²) in [5.74, 6) is 0.756. The Bertz CT molecular complexity index is 651. The minimum atomic E-state index is -0.429. The van der Waals surface area contributed by atoms with Crippen LogP contribution in [0.1, 0.15) is 22.4 Å². The predicted octanol–water partition coefficient (Wildman–Crippen LogP) is 3.31. The minimum absolute atomic E-state index is 0.310. The van der Waals surface area contributed by atoms with E-state index >= 15 is 0 Å². The van der Waals surface area contributed by atoms with Gasteiger partial charge in [0.05, 0.1) is 30.7 Å². The molecule has 0 radical (unpaired) electrons. The average Bonchev–Trinajstić information content (AvgIpc) is 2.88. The number of ether oxygens (including phenoxy) is 3. The largest absolute Gasteiger partial charge is 0.493 e. The molecule has 0 fully saturated rings. The summed E-state index contributed by atoms with van der Waals surface area (Å²) in [6.45, 7) is 3.93. The number of benzene rings is 1. The van der Waals surface area contributed by atoms with Gasteiger partial charge in [0, 0.05) is 5.56 Å². The molecule has 1 aromatic carbocycles. The van der Waals surface area contributed by atoms with Gasteiger partial charge in [-0.1, -0.05) is 6.07 Å². The van der Waals surface area contributed by atoms with E-state index in [2.05, 4.69) is 4.98 Å². The summed E-state index contributed by atoms with van der Waals surface area (Å²) in [5.41, 5.74) is 1.08. The third-order valence-corrected chi connectivity index (χ3v) is 3.85. The van der Waals surface area contributed by atoms with E-state index < -0.39 is 5.97 Å². The van der Waals surface area contributed by atoms with E-state index in [4.69, 9.17) is 14.2 Å². The smallest absolute Gasteiger partial charge is 0.358 e. The third kappa shape index (κ3) is 3.00. The molecular formula is C15H17NO4S.